The summed E-state index contributed by atoms with van der Waals surface area (Å²) in [5.74, 6) is 0.918. The first-order chi connectivity index (χ1) is 8.29. The fourth-order valence-electron chi connectivity index (χ4n) is 2.27. The number of piperidine rings is 1. The van der Waals surface area contributed by atoms with E-state index < -0.39 is 0 Å². The van der Waals surface area contributed by atoms with Crippen LogP contribution in [-0.2, 0) is 6.42 Å². The molecule has 0 saturated carbocycles. The zero-order valence-corrected chi connectivity index (χ0v) is 11.1. The Morgan fingerprint density at radius 2 is 2.06 bits per heavy atom. The highest BCUT2D eigenvalue weighted by atomic mass is 35.5. The van der Waals surface area contributed by atoms with Crippen molar-refractivity contribution in [3.63, 3.8) is 0 Å². The number of ether oxygens (including phenoxy) is 1. The van der Waals surface area contributed by atoms with Gasteiger partial charge in [-0.2, -0.15) is 0 Å². The van der Waals surface area contributed by atoms with Gasteiger partial charge in [-0.1, -0.05) is 12.1 Å². The Kier molecular flexibility index (Phi) is 4.69. The lowest BCUT2D eigenvalue weighted by Crippen LogP contribution is -2.37. The molecule has 1 saturated heterocycles. The van der Waals surface area contributed by atoms with Gasteiger partial charge in [-0.15, -0.1) is 11.6 Å². The van der Waals surface area contributed by atoms with Crippen LogP contribution in [0.4, 0.5) is 0 Å². The van der Waals surface area contributed by atoms with E-state index in [1.807, 2.05) is 12.1 Å². The van der Waals surface area contributed by atoms with Crippen molar-refractivity contribution in [2.75, 3.05) is 20.2 Å². The molecule has 2 rings (SSSR count). The molecule has 17 heavy (non-hydrogen) atoms. The SMILES string of the molecule is COc1ccc(CCN2CCCCC2Cl)cc1. The minimum Gasteiger partial charge on any atom is -0.497 e. The van der Waals surface area contributed by atoms with E-state index in [9.17, 15) is 0 Å². The van der Waals surface area contributed by atoms with Gasteiger partial charge in [0.1, 0.15) is 5.75 Å². The molecule has 94 valence electrons. The van der Waals surface area contributed by atoms with Crippen LogP contribution in [-0.4, -0.2) is 30.6 Å². The van der Waals surface area contributed by atoms with Crippen LogP contribution in [0.1, 0.15) is 24.8 Å². The average molecular weight is 254 g/mol. The van der Waals surface area contributed by atoms with Crippen molar-refractivity contribution < 1.29 is 4.74 Å². The van der Waals surface area contributed by atoms with Gasteiger partial charge in [0.05, 0.1) is 12.6 Å². The Morgan fingerprint density at radius 1 is 1.29 bits per heavy atom. The van der Waals surface area contributed by atoms with Crippen LogP contribution in [0, 0.1) is 0 Å². The number of nitrogens with zero attached hydrogens (tertiary/aromatic N) is 1. The van der Waals surface area contributed by atoms with Crippen molar-refractivity contribution in [1.82, 2.24) is 4.90 Å². The zero-order chi connectivity index (χ0) is 12.1. The van der Waals surface area contributed by atoms with Crippen LogP contribution in [0.25, 0.3) is 0 Å². The van der Waals surface area contributed by atoms with Gasteiger partial charge >= 0.3 is 0 Å². The molecule has 3 heteroatoms. The van der Waals surface area contributed by atoms with E-state index >= 15 is 0 Å². The molecule has 0 N–H and O–H groups in total. The van der Waals surface area contributed by atoms with Crippen molar-refractivity contribution in [3.8, 4) is 5.75 Å². The van der Waals surface area contributed by atoms with E-state index in [1.54, 1.807) is 7.11 Å². The molecular weight excluding hydrogens is 234 g/mol. The Bertz CT molecular complexity index is 339. The first kappa shape index (κ1) is 12.7. The Balaban J connectivity index is 1.84. The number of methoxy groups -OCH3 is 1. The predicted octanol–water partition coefficient (Wildman–Crippen LogP) is 3.29. The van der Waals surface area contributed by atoms with E-state index in [4.69, 9.17) is 16.3 Å². The summed E-state index contributed by atoms with van der Waals surface area (Å²) in [6, 6.07) is 8.30. The maximum atomic E-state index is 6.30. The van der Waals surface area contributed by atoms with Gasteiger partial charge in [0, 0.05) is 6.54 Å². The molecule has 0 spiro atoms. The number of hydrogen-bond donors (Lipinski definition) is 0. The molecule has 1 aromatic carbocycles. The van der Waals surface area contributed by atoms with Gasteiger partial charge in [-0.3, -0.25) is 4.90 Å². The normalized spacial score (nSPS) is 21.4. The van der Waals surface area contributed by atoms with Crippen LogP contribution in [0.3, 0.4) is 0 Å². The summed E-state index contributed by atoms with van der Waals surface area (Å²) in [6.45, 7) is 2.20. The highest BCUT2D eigenvalue weighted by Gasteiger charge is 2.19. The Hall–Kier alpha value is -0.730. The maximum absolute atomic E-state index is 6.30. The van der Waals surface area contributed by atoms with E-state index in [0.717, 1.165) is 31.7 Å². The second-order valence-electron chi connectivity index (χ2n) is 4.56. The molecule has 0 radical (unpaired) electrons. The summed E-state index contributed by atoms with van der Waals surface area (Å²) >= 11 is 6.30. The van der Waals surface area contributed by atoms with Crippen LogP contribution in [0.5, 0.6) is 5.75 Å². The minimum atomic E-state index is 0.238. The molecular formula is C14H20ClNO. The quantitative estimate of drug-likeness (QED) is 0.603. The van der Waals surface area contributed by atoms with E-state index in [2.05, 4.69) is 17.0 Å². The van der Waals surface area contributed by atoms with Gasteiger partial charge in [0.25, 0.3) is 0 Å². The van der Waals surface area contributed by atoms with E-state index in [1.165, 1.54) is 18.4 Å². The fraction of sp³-hybridized carbons (Fsp3) is 0.571. The summed E-state index contributed by atoms with van der Waals surface area (Å²) < 4.78 is 5.15. The Labute approximate surface area is 109 Å². The predicted molar refractivity (Wildman–Crippen MR) is 71.8 cm³/mol. The third-order valence-corrected chi connectivity index (χ3v) is 3.87. The minimum absolute atomic E-state index is 0.238. The summed E-state index contributed by atoms with van der Waals surface area (Å²) in [4.78, 5) is 2.38. The van der Waals surface area contributed by atoms with Crippen molar-refractivity contribution in [3.05, 3.63) is 29.8 Å². The van der Waals surface area contributed by atoms with Crippen molar-refractivity contribution in [2.45, 2.75) is 31.2 Å². The third-order valence-electron chi connectivity index (χ3n) is 3.38. The molecule has 1 aliphatic rings. The number of benzene rings is 1. The topological polar surface area (TPSA) is 12.5 Å². The fourth-order valence-corrected chi connectivity index (χ4v) is 2.62. The molecule has 0 amide bonds. The molecule has 2 nitrogen and oxygen atoms in total. The molecule has 1 atom stereocenters. The van der Waals surface area contributed by atoms with Crippen LogP contribution < -0.4 is 4.74 Å². The molecule has 1 unspecified atom stereocenters. The molecule has 1 heterocycles. The largest absolute Gasteiger partial charge is 0.497 e. The number of rotatable bonds is 4. The lowest BCUT2D eigenvalue weighted by Gasteiger charge is -2.31. The molecule has 0 bridgehead atoms. The van der Waals surface area contributed by atoms with Gasteiger partial charge in [-0.05, 0) is 49.9 Å². The lowest BCUT2D eigenvalue weighted by molar-refractivity contribution is 0.204. The number of hydrogen-bond acceptors (Lipinski definition) is 2. The van der Waals surface area contributed by atoms with Crippen molar-refractivity contribution >= 4 is 11.6 Å². The van der Waals surface area contributed by atoms with Crippen molar-refractivity contribution in [2.24, 2.45) is 0 Å². The van der Waals surface area contributed by atoms with Crippen molar-refractivity contribution in [1.29, 1.82) is 0 Å². The summed E-state index contributed by atoms with van der Waals surface area (Å²) in [5, 5.41) is 0. The number of alkyl halides is 1. The second kappa shape index (κ2) is 6.27. The molecule has 1 aromatic rings. The van der Waals surface area contributed by atoms with Crippen LogP contribution in [0.15, 0.2) is 24.3 Å². The maximum Gasteiger partial charge on any atom is 0.118 e. The molecule has 1 aliphatic heterocycles. The highest BCUT2D eigenvalue weighted by molar-refractivity contribution is 6.20. The van der Waals surface area contributed by atoms with E-state index in [0.29, 0.717) is 0 Å². The first-order valence-electron chi connectivity index (χ1n) is 6.30. The third kappa shape index (κ3) is 3.62. The average Bonchev–Trinajstić information content (AvgIpc) is 2.38. The molecule has 0 aliphatic carbocycles. The zero-order valence-electron chi connectivity index (χ0n) is 10.4. The Morgan fingerprint density at radius 3 is 2.71 bits per heavy atom. The summed E-state index contributed by atoms with van der Waals surface area (Å²) in [6.07, 6.45) is 4.75. The lowest BCUT2D eigenvalue weighted by atomic mass is 10.1. The van der Waals surface area contributed by atoms with E-state index in [-0.39, 0.29) is 5.50 Å². The van der Waals surface area contributed by atoms with Crippen LogP contribution in [0.2, 0.25) is 0 Å². The summed E-state index contributed by atoms with van der Waals surface area (Å²) in [5.41, 5.74) is 1.59. The second-order valence-corrected chi connectivity index (χ2v) is 5.07. The van der Waals surface area contributed by atoms with Gasteiger partial charge in [0.2, 0.25) is 0 Å². The van der Waals surface area contributed by atoms with Crippen LogP contribution >= 0.6 is 11.6 Å². The first-order valence-corrected chi connectivity index (χ1v) is 6.74. The van der Waals surface area contributed by atoms with Gasteiger partial charge in [-0.25, -0.2) is 0 Å². The number of likely N-dealkylation sites (tertiary alicyclic amines) is 1. The standard InChI is InChI=1S/C14H20ClNO/c1-17-13-7-5-12(6-8-13)9-11-16-10-3-2-4-14(16)15/h5-8,14H,2-4,9-11H2,1H3. The number of halogens is 1. The molecule has 1 fully saturated rings. The highest BCUT2D eigenvalue weighted by Crippen LogP contribution is 2.20. The molecule has 0 aromatic heterocycles. The van der Waals surface area contributed by atoms with Gasteiger partial charge < -0.3 is 4.74 Å². The van der Waals surface area contributed by atoms with Gasteiger partial charge in [0.15, 0.2) is 0 Å². The summed E-state index contributed by atoms with van der Waals surface area (Å²) in [7, 11) is 1.70. The smallest absolute Gasteiger partial charge is 0.118 e. The monoisotopic (exact) mass is 253 g/mol.